The maximum Gasteiger partial charge on any atom is 0.348 e. The van der Waals surface area contributed by atoms with E-state index in [-0.39, 0.29) is 6.61 Å². The lowest BCUT2D eigenvalue weighted by Gasteiger charge is -2.32. The molecule has 3 rings (SSSR count). The predicted molar refractivity (Wildman–Crippen MR) is 115 cm³/mol. The maximum absolute atomic E-state index is 13.3. The molecular weight excluding hydrogens is 394 g/mol. The largest absolute Gasteiger partial charge is 0.453 e. The normalized spacial score (nSPS) is 10.9. The number of benzene rings is 3. The van der Waals surface area contributed by atoms with Gasteiger partial charge in [-0.25, -0.2) is 4.79 Å². The molecule has 0 fully saturated rings. The maximum atomic E-state index is 13.3. The molecule has 31 heavy (non-hydrogen) atoms. The minimum Gasteiger partial charge on any atom is -0.453 e. The average Bonchev–Trinajstić information content (AvgIpc) is 2.82. The molecular formula is C25H23NO5. The standard InChI is InChI=1S/C25H23NO5/c1-2-31-25(20-14-8-4-9-15-20,21-16-10-5-11-17-21)24(29)30-18-22(27)26-23(28)19-12-6-3-7-13-19/h3-17H,2,18H2,1H3,(H,26,27,28). The second kappa shape index (κ2) is 10.3. The van der Waals surface area contributed by atoms with E-state index in [9.17, 15) is 14.4 Å². The Kier molecular flexibility index (Phi) is 7.30. The molecule has 0 saturated carbocycles. The zero-order valence-corrected chi connectivity index (χ0v) is 17.1. The molecule has 0 heterocycles. The first-order valence-corrected chi connectivity index (χ1v) is 9.89. The molecule has 2 amide bonds. The van der Waals surface area contributed by atoms with Crippen molar-refractivity contribution in [2.45, 2.75) is 12.5 Å². The second-order valence-electron chi connectivity index (χ2n) is 6.67. The summed E-state index contributed by atoms with van der Waals surface area (Å²) in [5.41, 5.74) is -0.0527. The SMILES string of the molecule is CCOC(C(=O)OCC(=O)NC(=O)c1ccccc1)(c1ccccc1)c1ccccc1. The molecule has 0 saturated heterocycles. The van der Waals surface area contributed by atoms with Gasteiger partial charge in [0, 0.05) is 12.2 Å². The smallest absolute Gasteiger partial charge is 0.348 e. The van der Waals surface area contributed by atoms with E-state index in [1.807, 2.05) is 12.1 Å². The van der Waals surface area contributed by atoms with Crippen molar-refractivity contribution in [3.8, 4) is 0 Å². The van der Waals surface area contributed by atoms with Gasteiger partial charge >= 0.3 is 5.97 Å². The van der Waals surface area contributed by atoms with Crippen LogP contribution in [0.2, 0.25) is 0 Å². The molecule has 1 N–H and O–H groups in total. The molecule has 0 aliphatic heterocycles. The van der Waals surface area contributed by atoms with Crippen molar-refractivity contribution in [2.24, 2.45) is 0 Å². The highest BCUT2D eigenvalue weighted by molar-refractivity contribution is 6.05. The van der Waals surface area contributed by atoms with Gasteiger partial charge in [-0.3, -0.25) is 14.9 Å². The Morgan fingerprint density at radius 1 is 0.774 bits per heavy atom. The molecule has 0 bridgehead atoms. The van der Waals surface area contributed by atoms with Crippen LogP contribution in [0.1, 0.15) is 28.4 Å². The van der Waals surface area contributed by atoms with E-state index in [0.29, 0.717) is 16.7 Å². The molecule has 0 aromatic heterocycles. The lowest BCUT2D eigenvalue weighted by Crippen LogP contribution is -2.43. The van der Waals surface area contributed by atoms with Crippen LogP contribution in [0.5, 0.6) is 0 Å². The van der Waals surface area contributed by atoms with E-state index in [1.54, 1.807) is 85.8 Å². The first kappa shape index (κ1) is 21.9. The third-order valence-electron chi connectivity index (χ3n) is 4.63. The second-order valence-corrected chi connectivity index (χ2v) is 6.67. The first-order chi connectivity index (χ1) is 15.1. The minimum atomic E-state index is -1.54. The van der Waals surface area contributed by atoms with Gasteiger partial charge in [0.15, 0.2) is 6.61 Å². The highest BCUT2D eigenvalue weighted by atomic mass is 16.6. The van der Waals surface area contributed by atoms with Gasteiger partial charge in [-0.2, -0.15) is 0 Å². The van der Waals surface area contributed by atoms with Crippen molar-refractivity contribution in [3.05, 3.63) is 108 Å². The van der Waals surface area contributed by atoms with Crippen LogP contribution in [0.3, 0.4) is 0 Å². The Morgan fingerprint density at radius 3 is 1.74 bits per heavy atom. The third kappa shape index (κ3) is 5.05. The van der Waals surface area contributed by atoms with E-state index in [4.69, 9.17) is 9.47 Å². The number of ether oxygens (including phenoxy) is 2. The third-order valence-corrected chi connectivity index (χ3v) is 4.63. The Labute approximate surface area is 180 Å². The fourth-order valence-corrected chi connectivity index (χ4v) is 3.25. The summed E-state index contributed by atoms with van der Waals surface area (Å²) in [5, 5.41) is 2.22. The van der Waals surface area contributed by atoms with Crippen LogP contribution in [0.15, 0.2) is 91.0 Å². The summed E-state index contributed by atoms with van der Waals surface area (Å²) < 4.78 is 11.3. The van der Waals surface area contributed by atoms with E-state index in [1.165, 1.54) is 0 Å². The van der Waals surface area contributed by atoms with Crippen molar-refractivity contribution in [3.63, 3.8) is 0 Å². The van der Waals surface area contributed by atoms with Crippen molar-refractivity contribution < 1.29 is 23.9 Å². The summed E-state index contributed by atoms with van der Waals surface area (Å²) in [6, 6.07) is 26.2. The number of carbonyl (C=O) groups excluding carboxylic acids is 3. The van der Waals surface area contributed by atoms with Crippen LogP contribution >= 0.6 is 0 Å². The van der Waals surface area contributed by atoms with E-state index in [2.05, 4.69) is 5.32 Å². The highest BCUT2D eigenvalue weighted by Crippen LogP contribution is 2.35. The molecule has 0 aliphatic rings. The number of amides is 2. The van der Waals surface area contributed by atoms with Crippen LogP contribution in [-0.2, 0) is 24.7 Å². The monoisotopic (exact) mass is 417 g/mol. The van der Waals surface area contributed by atoms with Gasteiger partial charge in [-0.05, 0) is 30.2 Å². The Hall–Kier alpha value is -3.77. The summed E-state index contributed by atoms with van der Waals surface area (Å²) in [6.45, 7) is 1.39. The van der Waals surface area contributed by atoms with Gasteiger partial charge in [-0.15, -0.1) is 0 Å². The van der Waals surface area contributed by atoms with Crippen LogP contribution in [0.4, 0.5) is 0 Å². The lowest BCUT2D eigenvalue weighted by atomic mass is 9.86. The van der Waals surface area contributed by atoms with Gasteiger partial charge in [0.25, 0.3) is 11.8 Å². The molecule has 3 aromatic rings. The summed E-state index contributed by atoms with van der Waals surface area (Å²) >= 11 is 0. The number of imide groups is 1. The number of hydrogen-bond acceptors (Lipinski definition) is 5. The average molecular weight is 417 g/mol. The quantitative estimate of drug-likeness (QED) is 0.568. The topological polar surface area (TPSA) is 81.7 Å². The fraction of sp³-hybridized carbons (Fsp3) is 0.160. The molecule has 3 aromatic carbocycles. The summed E-state index contributed by atoms with van der Waals surface area (Å²) in [5.74, 6) is -2.04. The van der Waals surface area contributed by atoms with Crippen molar-refractivity contribution in [1.29, 1.82) is 0 Å². The Bertz CT molecular complexity index is 980. The molecule has 0 spiro atoms. The van der Waals surface area contributed by atoms with Gasteiger partial charge in [0.2, 0.25) is 5.60 Å². The molecule has 0 radical (unpaired) electrons. The zero-order chi connectivity index (χ0) is 22.1. The van der Waals surface area contributed by atoms with E-state index < -0.39 is 30.0 Å². The van der Waals surface area contributed by atoms with Crippen molar-refractivity contribution in [2.75, 3.05) is 13.2 Å². The number of rotatable bonds is 8. The van der Waals surface area contributed by atoms with Crippen LogP contribution < -0.4 is 5.32 Å². The Morgan fingerprint density at radius 2 is 1.26 bits per heavy atom. The number of carbonyl (C=O) groups is 3. The van der Waals surface area contributed by atoms with Crippen molar-refractivity contribution >= 4 is 17.8 Å². The molecule has 0 unspecified atom stereocenters. The molecule has 158 valence electrons. The van der Waals surface area contributed by atoms with Crippen LogP contribution in [-0.4, -0.2) is 31.0 Å². The summed E-state index contributed by atoms with van der Waals surface area (Å²) in [6.07, 6.45) is 0. The van der Waals surface area contributed by atoms with Gasteiger partial charge in [0.05, 0.1) is 0 Å². The van der Waals surface area contributed by atoms with Gasteiger partial charge in [-0.1, -0.05) is 78.9 Å². The van der Waals surface area contributed by atoms with Gasteiger partial charge in [0.1, 0.15) is 0 Å². The summed E-state index contributed by atoms with van der Waals surface area (Å²) in [4.78, 5) is 37.7. The molecule has 6 nitrogen and oxygen atoms in total. The van der Waals surface area contributed by atoms with Crippen LogP contribution in [0, 0.1) is 0 Å². The molecule has 0 aliphatic carbocycles. The fourth-order valence-electron chi connectivity index (χ4n) is 3.25. The Balaban J connectivity index is 1.81. The number of esters is 1. The zero-order valence-electron chi connectivity index (χ0n) is 17.1. The van der Waals surface area contributed by atoms with Crippen LogP contribution in [0.25, 0.3) is 0 Å². The predicted octanol–water partition coefficient (Wildman–Crippen LogP) is 3.47. The number of hydrogen-bond donors (Lipinski definition) is 1. The lowest BCUT2D eigenvalue weighted by molar-refractivity contribution is -0.170. The molecule has 0 atom stereocenters. The van der Waals surface area contributed by atoms with Gasteiger partial charge < -0.3 is 9.47 Å². The first-order valence-electron chi connectivity index (χ1n) is 9.89. The number of nitrogens with one attached hydrogen (secondary N) is 1. The van der Waals surface area contributed by atoms with E-state index >= 15 is 0 Å². The summed E-state index contributed by atoms with van der Waals surface area (Å²) in [7, 11) is 0. The van der Waals surface area contributed by atoms with Crippen molar-refractivity contribution in [1.82, 2.24) is 5.32 Å². The molecule has 6 heteroatoms. The van der Waals surface area contributed by atoms with E-state index in [0.717, 1.165) is 0 Å². The highest BCUT2D eigenvalue weighted by Gasteiger charge is 2.45. The minimum absolute atomic E-state index is 0.234.